The second-order valence-electron chi connectivity index (χ2n) is 4.91. The molecule has 0 radical (unpaired) electrons. The third-order valence-electron chi connectivity index (χ3n) is 3.19. The van der Waals surface area contributed by atoms with Gasteiger partial charge in [-0.15, -0.1) is 6.58 Å². The van der Waals surface area contributed by atoms with E-state index >= 15 is 0 Å². The molecule has 1 rings (SSSR count). The highest BCUT2D eigenvalue weighted by Gasteiger charge is 2.58. The molecule has 6 N–H and O–H groups in total. The highest BCUT2D eigenvalue weighted by Crippen LogP contribution is 2.38. The first-order chi connectivity index (χ1) is 9.62. The van der Waals surface area contributed by atoms with Gasteiger partial charge in [0.15, 0.2) is 11.9 Å². The fourth-order valence-electron chi connectivity index (χ4n) is 2.01. The lowest BCUT2D eigenvalue weighted by molar-refractivity contribution is -0.0828. The van der Waals surface area contributed by atoms with Gasteiger partial charge in [-0.1, -0.05) is 12.7 Å². The third-order valence-corrected chi connectivity index (χ3v) is 3.19. The van der Waals surface area contributed by atoms with Crippen LogP contribution in [0.5, 0.6) is 0 Å². The van der Waals surface area contributed by atoms with Gasteiger partial charge < -0.3 is 26.4 Å². The largest absolute Gasteiger partial charge is 0.399 e. The minimum atomic E-state index is -2.36. The molecule has 1 saturated heterocycles. The number of carbonyl (C=O) groups excluding carboxylic acids is 1. The molecule has 0 aromatic rings. The van der Waals surface area contributed by atoms with Gasteiger partial charge in [-0.2, -0.15) is 0 Å². The molecule has 0 saturated carbocycles. The lowest BCUT2D eigenvalue weighted by Gasteiger charge is -2.30. The van der Waals surface area contributed by atoms with Crippen LogP contribution in [0.1, 0.15) is 6.92 Å². The number of allylic oxidation sites excluding steroid dienone is 1. The van der Waals surface area contributed by atoms with E-state index in [-0.39, 0.29) is 5.70 Å². The molecule has 0 aromatic carbocycles. The Labute approximate surface area is 122 Å². The first kappa shape index (κ1) is 17.2. The van der Waals surface area contributed by atoms with Crippen molar-refractivity contribution in [2.75, 3.05) is 0 Å². The van der Waals surface area contributed by atoms with E-state index in [0.717, 1.165) is 24.1 Å². The van der Waals surface area contributed by atoms with E-state index in [9.17, 15) is 19.4 Å². The van der Waals surface area contributed by atoms with Crippen LogP contribution in [-0.2, 0) is 4.74 Å². The van der Waals surface area contributed by atoms with Crippen molar-refractivity contribution in [2.24, 2.45) is 11.5 Å². The van der Waals surface area contributed by atoms with Crippen molar-refractivity contribution in [2.45, 2.75) is 37.1 Å². The van der Waals surface area contributed by atoms with Crippen molar-refractivity contribution < 1.29 is 24.1 Å². The van der Waals surface area contributed by atoms with Crippen molar-refractivity contribution in [1.29, 1.82) is 0 Å². The molecule has 1 aliphatic heterocycles. The fraction of sp³-hybridized carbons (Fsp3) is 0.462. The van der Waals surface area contributed by atoms with E-state index < -0.39 is 36.2 Å². The lowest BCUT2D eigenvalue weighted by atomic mass is 9.95. The van der Waals surface area contributed by atoms with Crippen molar-refractivity contribution in [1.82, 2.24) is 4.90 Å². The summed E-state index contributed by atoms with van der Waals surface area (Å²) in [7, 11) is 0. The van der Waals surface area contributed by atoms with Crippen LogP contribution in [0.25, 0.3) is 0 Å². The maximum Gasteiger partial charge on any atom is 0.321 e. The molecular formula is C13H20FN3O4. The second-order valence-corrected chi connectivity index (χ2v) is 4.91. The smallest absolute Gasteiger partial charge is 0.321 e. The van der Waals surface area contributed by atoms with Crippen LogP contribution in [0.3, 0.4) is 0 Å². The summed E-state index contributed by atoms with van der Waals surface area (Å²) < 4.78 is 19.9. The first-order valence-electron chi connectivity index (χ1n) is 6.16. The fourth-order valence-corrected chi connectivity index (χ4v) is 2.01. The summed E-state index contributed by atoms with van der Waals surface area (Å²) in [6, 6.07) is -1.01. The summed E-state index contributed by atoms with van der Waals surface area (Å²) in [6.45, 7) is 7.78. The van der Waals surface area contributed by atoms with Crippen LogP contribution in [0.2, 0.25) is 0 Å². The molecule has 1 aliphatic rings. The Kier molecular flexibility index (Phi) is 5.10. The zero-order valence-electron chi connectivity index (χ0n) is 11.6. The molecule has 7 nitrogen and oxygen atoms in total. The van der Waals surface area contributed by atoms with Gasteiger partial charge in [-0.25, -0.2) is 9.18 Å². The van der Waals surface area contributed by atoms with Gasteiger partial charge in [0.05, 0.1) is 0 Å². The topological polar surface area (TPSA) is 122 Å². The second kappa shape index (κ2) is 6.25. The van der Waals surface area contributed by atoms with Crippen LogP contribution in [-0.4, -0.2) is 51.4 Å². The zero-order valence-corrected chi connectivity index (χ0v) is 11.6. The lowest BCUT2D eigenvalue weighted by Crippen LogP contribution is -2.51. The highest BCUT2D eigenvalue weighted by molar-refractivity contribution is 5.73. The van der Waals surface area contributed by atoms with Gasteiger partial charge in [0, 0.05) is 11.9 Å². The number of hydrogen-bond donors (Lipinski definition) is 4. The summed E-state index contributed by atoms with van der Waals surface area (Å²) in [6.07, 6.45) is -2.36. The SMILES string of the molecule is C=C[C@H](O)[C@H]1O[C@@H](N(/C=C\C(=C)N)C(N)=O)[C@@](C)(F)[C@@H]1O. The number of ether oxygens (including phenoxy) is 1. The molecule has 8 heteroatoms. The number of hydrogen-bond acceptors (Lipinski definition) is 5. The minimum Gasteiger partial charge on any atom is -0.399 e. The van der Waals surface area contributed by atoms with E-state index in [1.54, 1.807) is 0 Å². The molecule has 0 aromatic heterocycles. The summed E-state index contributed by atoms with van der Waals surface area (Å²) in [5.74, 6) is 0. The number of halogens is 1. The quantitative estimate of drug-likeness (QED) is 0.411. The van der Waals surface area contributed by atoms with Crippen LogP contribution >= 0.6 is 0 Å². The molecule has 1 heterocycles. The predicted molar refractivity (Wildman–Crippen MR) is 74.3 cm³/mol. The maximum absolute atomic E-state index is 14.7. The first-order valence-corrected chi connectivity index (χ1v) is 6.16. The number of urea groups is 1. The molecule has 5 atom stereocenters. The van der Waals surface area contributed by atoms with E-state index in [1.165, 1.54) is 6.08 Å². The summed E-state index contributed by atoms with van der Waals surface area (Å²) in [5.41, 5.74) is 8.27. The van der Waals surface area contributed by atoms with E-state index in [2.05, 4.69) is 13.2 Å². The van der Waals surface area contributed by atoms with Crippen molar-refractivity contribution in [3.8, 4) is 0 Å². The highest BCUT2D eigenvalue weighted by atomic mass is 19.1. The Morgan fingerprint density at radius 3 is 2.57 bits per heavy atom. The van der Waals surface area contributed by atoms with Crippen LogP contribution in [0.15, 0.2) is 37.2 Å². The van der Waals surface area contributed by atoms with Gasteiger partial charge in [0.25, 0.3) is 0 Å². The Bertz CT molecular complexity index is 466. The standard InChI is InChI=1S/C13H20FN3O4/c1-4-8(18)9-10(19)13(3,14)11(21-9)17(12(16)20)6-5-7(2)15/h4-6,8-11,18-19H,1-2,15H2,3H3,(H2,16,20)/b6-5-/t8-,9+,10+,11+,13-/m0/s1. The van der Waals surface area contributed by atoms with Crippen LogP contribution < -0.4 is 11.5 Å². The Hall–Kier alpha value is -1.90. The van der Waals surface area contributed by atoms with E-state index in [0.29, 0.717) is 0 Å². The van der Waals surface area contributed by atoms with Crippen molar-refractivity contribution >= 4 is 6.03 Å². The van der Waals surface area contributed by atoms with Gasteiger partial charge in [-0.05, 0) is 13.0 Å². The predicted octanol–water partition coefficient (Wildman–Crippen LogP) is -0.286. The zero-order chi connectivity index (χ0) is 16.4. The number of carbonyl (C=O) groups is 1. The third kappa shape index (κ3) is 3.41. The molecule has 2 amide bonds. The summed E-state index contributed by atoms with van der Waals surface area (Å²) in [5, 5.41) is 19.6. The molecule has 0 unspecified atom stereocenters. The number of amides is 2. The molecule has 0 aliphatic carbocycles. The van der Waals surface area contributed by atoms with Crippen molar-refractivity contribution in [3.05, 3.63) is 37.2 Å². The van der Waals surface area contributed by atoms with Crippen LogP contribution in [0, 0.1) is 0 Å². The van der Waals surface area contributed by atoms with Crippen LogP contribution in [0.4, 0.5) is 9.18 Å². The van der Waals surface area contributed by atoms with Gasteiger partial charge in [-0.3, -0.25) is 4.90 Å². The number of alkyl halides is 1. The molecule has 21 heavy (non-hydrogen) atoms. The van der Waals surface area contributed by atoms with Gasteiger partial charge >= 0.3 is 6.03 Å². The Morgan fingerprint density at radius 2 is 2.14 bits per heavy atom. The molecular weight excluding hydrogens is 281 g/mol. The number of nitrogens with zero attached hydrogens (tertiary/aromatic N) is 1. The number of rotatable bonds is 5. The van der Waals surface area contributed by atoms with E-state index in [4.69, 9.17) is 16.2 Å². The molecule has 0 spiro atoms. The van der Waals surface area contributed by atoms with E-state index in [1.807, 2.05) is 0 Å². The Balaban J connectivity index is 3.11. The normalized spacial score (nSPS) is 33.8. The van der Waals surface area contributed by atoms with Gasteiger partial charge in [0.2, 0.25) is 0 Å². The van der Waals surface area contributed by atoms with Crippen molar-refractivity contribution in [3.63, 3.8) is 0 Å². The molecule has 118 valence electrons. The number of nitrogens with two attached hydrogens (primary N) is 2. The summed E-state index contributed by atoms with van der Waals surface area (Å²) in [4.78, 5) is 12.2. The number of primary amides is 1. The Morgan fingerprint density at radius 1 is 1.57 bits per heavy atom. The molecule has 1 fully saturated rings. The monoisotopic (exact) mass is 301 g/mol. The maximum atomic E-state index is 14.7. The average molecular weight is 301 g/mol. The number of aliphatic hydroxyl groups is 2. The summed E-state index contributed by atoms with van der Waals surface area (Å²) >= 11 is 0. The minimum absolute atomic E-state index is 0.114. The average Bonchev–Trinajstić information content (AvgIpc) is 2.61. The number of aliphatic hydroxyl groups excluding tert-OH is 2. The molecule has 0 bridgehead atoms. The van der Waals surface area contributed by atoms with Gasteiger partial charge in [0.1, 0.15) is 18.3 Å².